The molecule has 1 aliphatic rings. The minimum atomic E-state index is -0.290. The minimum Gasteiger partial charge on any atom is -0.396 e. The summed E-state index contributed by atoms with van der Waals surface area (Å²) in [7, 11) is 0. The van der Waals surface area contributed by atoms with Crippen LogP contribution in [0.2, 0.25) is 5.02 Å². The third kappa shape index (κ3) is 3.90. The molecule has 1 heterocycles. The van der Waals surface area contributed by atoms with Gasteiger partial charge in [-0.2, -0.15) is 0 Å². The van der Waals surface area contributed by atoms with Gasteiger partial charge in [0.2, 0.25) is 0 Å². The number of aliphatic hydroxyl groups excluding tert-OH is 1. The summed E-state index contributed by atoms with van der Waals surface area (Å²) in [6.45, 7) is 0.0684. The fourth-order valence-electron chi connectivity index (χ4n) is 2.82. The second-order valence-electron chi connectivity index (χ2n) is 5.21. The van der Waals surface area contributed by atoms with Gasteiger partial charge in [0.1, 0.15) is 12.0 Å². The van der Waals surface area contributed by atoms with Crippen molar-refractivity contribution in [2.45, 2.75) is 44.6 Å². The highest BCUT2D eigenvalue weighted by Gasteiger charge is 2.26. The lowest BCUT2D eigenvalue weighted by Crippen LogP contribution is -2.42. The van der Waals surface area contributed by atoms with Crippen molar-refractivity contribution in [1.82, 2.24) is 15.3 Å². The number of halogens is 1. The number of carbonyl (C=O) groups excluding carboxylic acids is 1. The lowest BCUT2D eigenvalue weighted by molar-refractivity contribution is 0.0894. The fourth-order valence-corrected chi connectivity index (χ4v) is 3.01. The van der Waals surface area contributed by atoms with E-state index in [1.54, 1.807) is 0 Å². The quantitative estimate of drug-likeness (QED) is 0.873. The summed E-state index contributed by atoms with van der Waals surface area (Å²) in [4.78, 5) is 19.9. The molecule has 0 spiro atoms. The van der Waals surface area contributed by atoms with Crippen LogP contribution in [-0.2, 0) is 0 Å². The van der Waals surface area contributed by atoms with Gasteiger partial charge >= 0.3 is 0 Å². The maximum Gasteiger partial charge on any atom is 0.271 e. The average Bonchev–Trinajstić information content (AvgIpc) is 2.48. The van der Waals surface area contributed by atoms with Crippen molar-refractivity contribution in [3.63, 3.8) is 0 Å². The molecular weight excluding hydrogens is 278 g/mol. The van der Waals surface area contributed by atoms with Gasteiger partial charge in [-0.15, -0.1) is 0 Å². The Labute approximate surface area is 123 Å². The van der Waals surface area contributed by atoms with E-state index in [-0.39, 0.29) is 29.3 Å². The highest BCUT2D eigenvalue weighted by molar-refractivity contribution is 6.33. The number of amides is 1. The van der Waals surface area contributed by atoms with Crippen molar-refractivity contribution >= 4 is 17.5 Å². The molecule has 1 saturated carbocycles. The van der Waals surface area contributed by atoms with Crippen LogP contribution in [0.4, 0.5) is 0 Å². The van der Waals surface area contributed by atoms with Crippen LogP contribution in [0.25, 0.3) is 0 Å². The molecule has 5 nitrogen and oxygen atoms in total. The van der Waals surface area contributed by atoms with Crippen LogP contribution in [-0.4, -0.2) is 33.6 Å². The van der Waals surface area contributed by atoms with Crippen molar-refractivity contribution in [2.75, 3.05) is 6.61 Å². The van der Waals surface area contributed by atoms with Crippen molar-refractivity contribution in [1.29, 1.82) is 0 Å². The third-order valence-electron chi connectivity index (χ3n) is 3.86. The normalized spacial score (nSPS) is 17.7. The Morgan fingerprint density at radius 2 is 2.20 bits per heavy atom. The largest absolute Gasteiger partial charge is 0.396 e. The molecule has 0 aromatic carbocycles. The first kappa shape index (κ1) is 15.2. The first-order valence-electron chi connectivity index (χ1n) is 7.09. The van der Waals surface area contributed by atoms with Crippen LogP contribution in [0.5, 0.6) is 0 Å². The second-order valence-corrected chi connectivity index (χ2v) is 5.62. The molecule has 20 heavy (non-hydrogen) atoms. The first-order valence-corrected chi connectivity index (χ1v) is 7.47. The van der Waals surface area contributed by atoms with E-state index in [9.17, 15) is 9.90 Å². The minimum absolute atomic E-state index is 0.0150. The molecule has 1 unspecified atom stereocenters. The summed E-state index contributed by atoms with van der Waals surface area (Å²) in [6.07, 6.45) is 9.12. The van der Waals surface area contributed by atoms with Gasteiger partial charge in [0.05, 0.1) is 5.02 Å². The van der Waals surface area contributed by atoms with Gasteiger partial charge in [0.15, 0.2) is 0 Å². The van der Waals surface area contributed by atoms with Crippen LogP contribution in [0, 0.1) is 5.92 Å². The number of hydrogen-bond acceptors (Lipinski definition) is 4. The Morgan fingerprint density at radius 1 is 1.45 bits per heavy atom. The molecule has 2 rings (SSSR count). The van der Waals surface area contributed by atoms with Crippen molar-refractivity contribution in [3.8, 4) is 0 Å². The van der Waals surface area contributed by atoms with Gasteiger partial charge in [0, 0.05) is 18.8 Å². The summed E-state index contributed by atoms with van der Waals surface area (Å²) >= 11 is 5.93. The zero-order valence-electron chi connectivity index (χ0n) is 11.4. The number of aromatic nitrogens is 2. The lowest BCUT2D eigenvalue weighted by Gasteiger charge is -2.30. The van der Waals surface area contributed by atoms with E-state index < -0.39 is 0 Å². The zero-order chi connectivity index (χ0) is 14.4. The Hall–Kier alpha value is -1.20. The van der Waals surface area contributed by atoms with E-state index >= 15 is 0 Å². The van der Waals surface area contributed by atoms with E-state index in [0.717, 1.165) is 12.8 Å². The summed E-state index contributed by atoms with van der Waals surface area (Å²) in [6, 6.07) is -0.0150. The molecule has 0 bridgehead atoms. The molecule has 6 heteroatoms. The fraction of sp³-hybridized carbons (Fsp3) is 0.643. The van der Waals surface area contributed by atoms with Gasteiger partial charge in [0.25, 0.3) is 5.91 Å². The molecule has 0 radical (unpaired) electrons. The van der Waals surface area contributed by atoms with Crippen molar-refractivity contribution in [2.24, 2.45) is 5.92 Å². The van der Waals surface area contributed by atoms with Gasteiger partial charge in [-0.1, -0.05) is 30.9 Å². The summed E-state index contributed by atoms with van der Waals surface area (Å²) < 4.78 is 0. The molecule has 1 atom stereocenters. The van der Waals surface area contributed by atoms with E-state index in [4.69, 9.17) is 11.6 Å². The van der Waals surface area contributed by atoms with E-state index in [0.29, 0.717) is 12.3 Å². The number of hydrogen-bond donors (Lipinski definition) is 2. The lowest BCUT2D eigenvalue weighted by atomic mass is 9.82. The summed E-state index contributed by atoms with van der Waals surface area (Å²) in [5.74, 6) is 0.141. The molecule has 1 aliphatic carbocycles. The Kier molecular flexibility index (Phi) is 5.73. The number of nitrogens with zero attached hydrogens (tertiary/aromatic N) is 2. The third-order valence-corrected chi connectivity index (χ3v) is 4.13. The van der Waals surface area contributed by atoms with Crippen molar-refractivity contribution < 1.29 is 9.90 Å². The van der Waals surface area contributed by atoms with Gasteiger partial charge in [-0.3, -0.25) is 4.79 Å². The van der Waals surface area contributed by atoms with Gasteiger partial charge < -0.3 is 10.4 Å². The SMILES string of the molecule is O=C(NC(CCO)C1CCCCC1)c1ncncc1Cl. The number of rotatable bonds is 5. The predicted octanol–water partition coefficient (Wildman–Crippen LogP) is 2.19. The van der Waals surface area contributed by atoms with Crippen LogP contribution in [0.3, 0.4) is 0 Å². The Morgan fingerprint density at radius 3 is 2.85 bits per heavy atom. The molecule has 1 fully saturated rings. The molecular formula is C14H20ClN3O2. The molecule has 1 aromatic rings. The number of aliphatic hydroxyl groups is 1. The molecule has 0 saturated heterocycles. The molecule has 110 valence electrons. The van der Waals surface area contributed by atoms with Crippen molar-refractivity contribution in [3.05, 3.63) is 23.2 Å². The smallest absolute Gasteiger partial charge is 0.271 e. The van der Waals surface area contributed by atoms with Crippen LogP contribution >= 0.6 is 11.6 Å². The zero-order valence-corrected chi connectivity index (χ0v) is 12.1. The molecule has 1 aromatic heterocycles. The number of nitrogens with one attached hydrogen (secondary N) is 1. The molecule has 2 N–H and O–H groups in total. The van der Waals surface area contributed by atoms with E-state index in [2.05, 4.69) is 15.3 Å². The van der Waals surface area contributed by atoms with Gasteiger partial charge in [-0.05, 0) is 25.2 Å². The van der Waals surface area contributed by atoms with Crippen LogP contribution in [0.1, 0.15) is 49.0 Å². The van der Waals surface area contributed by atoms with E-state index in [1.165, 1.54) is 31.8 Å². The molecule has 1 amide bonds. The maximum absolute atomic E-state index is 12.2. The van der Waals surface area contributed by atoms with E-state index in [1.807, 2.05) is 0 Å². The highest BCUT2D eigenvalue weighted by Crippen LogP contribution is 2.28. The van der Waals surface area contributed by atoms with Crippen LogP contribution in [0.15, 0.2) is 12.5 Å². The standard InChI is InChI=1S/C14H20ClN3O2/c15-11-8-16-9-17-13(11)14(20)18-12(6-7-19)10-4-2-1-3-5-10/h8-10,12,19H,1-7H2,(H,18,20). The monoisotopic (exact) mass is 297 g/mol. The summed E-state index contributed by atoms with van der Waals surface area (Å²) in [5.41, 5.74) is 0.195. The predicted molar refractivity (Wildman–Crippen MR) is 76.6 cm³/mol. The average molecular weight is 298 g/mol. The maximum atomic E-state index is 12.2. The first-order chi connectivity index (χ1) is 9.72. The topological polar surface area (TPSA) is 75.1 Å². The van der Waals surface area contributed by atoms with Crippen LogP contribution < -0.4 is 5.32 Å². The highest BCUT2D eigenvalue weighted by atomic mass is 35.5. The summed E-state index contributed by atoms with van der Waals surface area (Å²) in [5, 5.41) is 12.4. The Bertz CT molecular complexity index is 450. The number of carbonyl (C=O) groups is 1. The Balaban J connectivity index is 2.03. The molecule has 0 aliphatic heterocycles. The van der Waals surface area contributed by atoms with Gasteiger partial charge in [-0.25, -0.2) is 9.97 Å². The second kappa shape index (κ2) is 7.55.